The SMILES string of the molecule is O=C1CCCN(C2CCCS(=O)(=O)C2)CC1. The fourth-order valence-corrected chi connectivity index (χ4v) is 4.37. The van der Waals surface area contributed by atoms with Gasteiger partial charge in [-0.05, 0) is 25.8 Å². The van der Waals surface area contributed by atoms with Crippen molar-refractivity contribution >= 4 is 15.6 Å². The van der Waals surface area contributed by atoms with E-state index in [9.17, 15) is 13.2 Å². The van der Waals surface area contributed by atoms with Gasteiger partial charge in [0.05, 0.1) is 11.5 Å². The number of likely N-dealkylation sites (tertiary alicyclic amines) is 1. The molecule has 0 N–H and O–H groups in total. The maximum atomic E-state index is 11.6. The van der Waals surface area contributed by atoms with Gasteiger partial charge in [0, 0.05) is 25.4 Å². The summed E-state index contributed by atoms with van der Waals surface area (Å²) in [4.78, 5) is 13.5. The first-order valence-corrected chi connectivity index (χ1v) is 7.85. The van der Waals surface area contributed by atoms with Crippen LogP contribution in [0.3, 0.4) is 0 Å². The summed E-state index contributed by atoms with van der Waals surface area (Å²) in [5.41, 5.74) is 0. The number of carbonyl (C=O) groups is 1. The highest BCUT2D eigenvalue weighted by atomic mass is 32.2. The summed E-state index contributed by atoms with van der Waals surface area (Å²) < 4.78 is 23.1. The van der Waals surface area contributed by atoms with Gasteiger partial charge < -0.3 is 0 Å². The highest BCUT2D eigenvalue weighted by Crippen LogP contribution is 2.20. The van der Waals surface area contributed by atoms with Gasteiger partial charge in [-0.15, -0.1) is 0 Å². The first kappa shape index (κ1) is 12.0. The molecule has 4 nitrogen and oxygen atoms in total. The lowest BCUT2D eigenvalue weighted by Crippen LogP contribution is -2.44. The summed E-state index contributed by atoms with van der Waals surface area (Å²) in [6.07, 6.45) is 3.88. The smallest absolute Gasteiger partial charge is 0.151 e. The largest absolute Gasteiger partial charge is 0.300 e. The maximum absolute atomic E-state index is 11.6. The van der Waals surface area contributed by atoms with E-state index in [1.165, 1.54) is 0 Å². The Morgan fingerprint density at radius 1 is 1.12 bits per heavy atom. The van der Waals surface area contributed by atoms with Crippen molar-refractivity contribution < 1.29 is 13.2 Å². The molecule has 2 saturated heterocycles. The maximum Gasteiger partial charge on any atom is 0.151 e. The van der Waals surface area contributed by atoms with Gasteiger partial charge in [-0.3, -0.25) is 9.69 Å². The average molecular weight is 245 g/mol. The number of carbonyl (C=O) groups excluding carboxylic acids is 1. The third-order valence-electron chi connectivity index (χ3n) is 3.53. The summed E-state index contributed by atoms with van der Waals surface area (Å²) in [7, 11) is -2.83. The minimum Gasteiger partial charge on any atom is -0.300 e. The van der Waals surface area contributed by atoms with Gasteiger partial charge in [0.1, 0.15) is 5.78 Å². The average Bonchev–Trinajstić information content (AvgIpc) is 2.41. The molecule has 1 unspecified atom stereocenters. The third-order valence-corrected chi connectivity index (χ3v) is 5.34. The van der Waals surface area contributed by atoms with Gasteiger partial charge in [-0.25, -0.2) is 8.42 Å². The first-order chi connectivity index (χ1) is 7.57. The van der Waals surface area contributed by atoms with Gasteiger partial charge in [0.25, 0.3) is 0 Å². The normalized spacial score (nSPS) is 32.2. The van der Waals surface area contributed by atoms with Gasteiger partial charge in [-0.1, -0.05) is 0 Å². The lowest BCUT2D eigenvalue weighted by Gasteiger charge is -2.32. The second-order valence-electron chi connectivity index (χ2n) is 4.84. The molecule has 0 saturated carbocycles. The summed E-state index contributed by atoms with van der Waals surface area (Å²) in [5, 5.41) is 0. The van der Waals surface area contributed by atoms with Crippen molar-refractivity contribution in [1.29, 1.82) is 0 Å². The molecule has 0 aromatic carbocycles. The highest BCUT2D eigenvalue weighted by molar-refractivity contribution is 7.91. The molecule has 2 fully saturated rings. The molecule has 16 heavy (non-hydrogen) atoms. The number of sulfone groups is 1. The topological polar surface area (TPSA) is 54.5 Å². The first-order valence-electron chi connectivity index (χ1n) is 6.03. The van der Waals surface area contributed by atoms with Crippen LogP contribution >= 0.6 is 0 Å². The quantitative estimate of drug-likeness (QED) is 0.679. The molecule has 1 atom stereocenters. The van der Waals surface area contributed by atoms with Crippen LogP contribution in [0.15, 0.2) is 0 Å². The monoisotopic (exact) mass is 245 g/mol. The fourth-order valence-electron chi connectivity index (χ4n) is 2.64. The van der Waals surface area contributed by atoms with E-state index in [1.807, 2.05) is 0 Å². The number of nitrogens with zero attached hydrogens (tertiary/aromatic N) is 1. The third kappa shape index (κ3) is 3.04. The van der Waals surface area contributed by atoms with E-state index in [0.717, 1.165) is 32.4 Å². The van der Waals surface area contributed by atoms with E-state index in [1.54, 1.807) is 0 Å². The Bertz CT molecular complexity index is 363. The molecular weight excluding hydrogens is 226 g/mol. The lowest BCUT2D eigenvalue weighted by molar-refractivity contribution is -0.118. The molecular formula is C11H19NO3S. The standard InChI is InChI=1S/C11H19NO3S/c13-11-4-1-6-12(7-5-11)10-3-2-8-16(14,15)9-10/h10H,1-9H2. The zero-order chi connectivity index (χ0) is 11.6. The minimum atomic E-state index is -2.83. The predicted molar refractivity (Wildman–Crippen MR) is 62.1 cm³/mol. The van der Waals surface area contributed by atoms with E-state index < -0.39 is 9.84 Å². The summed E-state index contributed by atoms with van der Waals surface area (Å²) in [6.45, 7) is 1.63. The van der Waals surface area contributed by atoms with E-state index in [4.69, 9.17) is 0 Å². The molecule has 2 heterocycles. The van der Waals surface area contributed by atoms with Crippen molar-refractivity contribution in [3.63, 3.8) is 0 Å². The van der Waals surface area contributed by atoms with Crippen molar-refractivity contribution in [3.8, 4) is 0 Å². The molecule has 0 aromatic rings. The van der Waals surface area contributed by atoms with Crippen molar-refractivity contribution in [1.82, 2.24) is 4.90 Å². The lowest BCUT2D eigenvalue weighted by atomic mass is 10.1. The summed E-state index contributed by atoms with van der Waals surface area (Å²) in [5.74, 6) is 0.957. The van der Waals surface area contributed by atoms with E-state index in [-0.39, 0.29) is 6.04 Å². The predicted octanol–water partition coefficient (Wildman–Crippen LogP) is 0.619. The molecule has 0 aromatic heterocycles. The molecule has 2 rings (SSSR count). The van der Waals surface area contributed by atoms with Crippen LogP contribution in [0, 0.1) is 0 Å². The Morgan fingerprint density at radius 2 is 1.94 bits per heavy atom. The second kappa shape index (κ2) is 4.84. The van der Waals surface area contributed by atoms with E-state index in [0.29, 0.717) is 30.1 Å². The second-order valence-corrected chi connectivity index (χ2v) is 7.07. The van der Waals surface area contributed by atoms with Crippen molar-refractivity contribution in [2.45, 2.75) is 38.1 Å². The number of hydrogen-bond donors (Lipinski definition) is 0. The van der Waals surface area contributed by atoms with Crippen molar-refractivity contribution in [2.24, 2.45) is 0 Å². The van der Waals surface area contributed by atoms with Gasteiger partial charge in [-0.2, -0.15) is 0 Å². The number of Topliss-reactive ketones (excluding diaryl/α,β-unsaturated/α-hetero) is 1. The van der Waals surface area contributed by atoms with Gasteiger partial charge in [0.2, 0.25) is 0 Å². The molecule has 0 radical (unpaired) electrons. The Labute approximate surface area is 96.9 Å². The summed E-state index contributed by atoms with van der Waals surface area (Å²) >= 11 is 0. The van der Waals surface area contributed by atoms with Crippen molar-refractivity contribution in [3.05, 3.63) is 0 Å². The van der Waals surface area contributed by atoms with Crippen LogP contribution in [0.1, 0.15) is 32.1 Å². The molecule has 0 spiro atoms. The van der Waals surface area contributed by atoms with E-state index >= 15 is 0 Å². The van der Waals surface area contributed by atoms with Crippen LogP contribution < -0.4 is 0 Å². The van der Waals surface area contributed by atoms with Crippen LogP contribution in [0.2, 0.25) is 0 Å². The highest BCUT2D eigenvalue weighted by Gasteiger charge is 2.30. The fraction of sp³-hybridized carbons (Fsp3) is 0.909. The van der Waals surface area contributed by atoms with Crippen LogP contribution in [0.5, 0.6) is 0 Å². The van der Waals surface area contributed by atoms with Crippen molar-refractivity contribution in [2.75, 3.05) is 24.6 Å². The van der Waals surface area contributed by atoms with Crippen LogP contribution in [-0.4, -0.2) is 49.7 Å². The Balaban J connectivity index is 1.98. The van der Waals surface area contributed by atoms with Crippen LogP contribution in [-0.2, 0) is 14.6 Å². The number of rotatable bonds is 1. The van der Waals surface area contributed by atoms with Gasteiger partial charge >= 0.3 is 0 Å². The van der Waals surface area contributed by atoms with Gasteiger partial charge in [0.15, 0.2) is 9.84 Å². The van der Waals surface area contributed by atoms with Crippen LogP contribution in [0.25, 0.3) is 0 Å². The Kier molecular flexibility index (Phi) is 3.64. The van der Waals surface area contributed by atoms with Crippen LogP contribution in [0.4, 0.5) is 0 Å². The molecule has 2 aliphatic rings. The molecule has 0 amide bonds. The number of hydrogen-bond acceptors (Lipinski definition) is 4. The van der Waals surface area contributed by atoms with E-state index in [2.05, 4.69) is 4.90 Å². The molecule has 0 aliphatic carbocycles. The molecule has 2 aliphatic heterocycles. The molecule has 0 bridgehead atoms. The Hall–Kier alpha value is -0.420. The zero-order valence-electron chi connectivity index (χ0n) is 9.52. The zero-order valence-corrected chi connectivity index (χ0v) is 10.3. The summed E-state index contributed by atoms with van der Waals surface area (Å²) in [6, 6.07) is 0.157. The molecule has 5 heteroatoms. The Morgan fingerprint density at radius 3 is 2.69 bits per heavy atom. The molecule has 92 valence electrons. The number of ketones is 1. The minimum absolute atomic E-state index is 0.157.